The maximum absolute atomic E-state index is 11.7. The van der Waals surface area contributed by atoms with Gasteiger partial charge in [0.1, 0.15) is 11.5 Å². The number of carbonyl (C=O) groups excluding carboxylic acids is 2. The van der Waals surface area contributed by atoms with Crippen molar-refractivity contribution in [3.63, 3.8) is 0 Å². The van der Waals surface area contributed by atoms with Gasteiger partial charge in [-0.1, -0.05) is 6.92 Å². The molecule has 1 rings (SSSR count). The Bertz CT molecular complexity index is 357. The highest BCUT2D eigenvalue weighted by Gasteiger charge is 2.54. The Hall–Kier alpha value is -1.66. The van der Waals surface area contributed by atoms with E-state index in [9.17, 15) is 19.7 Å². The van der Waals surface area contributed by atoms with Crippen LogP contribution >= 0.6 is 0 Å². The second-order valence-electron chi connectivity index (χ2n) is 4.36. The molecule has 1 amide bonds. The molecule has 0 radical (unpaired) electrons. The lowest BCUT2D eigenvalue weighted by atomic mass is 9.99. The van der Waals surface area contributed by atoms with Crippen molar-refractivity contribution >= 4 is 11.9 Å². The average molecular weight is 244 g/mol. The minimum Gasteiger partial charge on any atom is -0.467 e. The zero-order valence-electron chi connectivity index (χ0n) is 10.1. The largest absolute Gasteiger partial charge is 0.467 e. The average Bonchev–Trinajstić information content (AvgIpc) is 3.07. The Balaban J connectivity index is 2.61. The minimum absolute atomic E-state index is 0.236. The molecule has 0 heterocycles. The number of nitrogens with one attached hydrogen (secondary N) is 1. The molecule has 1 N–H and O–H groups in total. The topological polar surface area (TPSA) is 98.5 Å². The zero-order valence-corrected chi connectivity index (χ0v) is 10.1. The van der Waals surface area contributed by atoms with Crippen molar-refractivity contribution in [3.05, 3.63) is 10.1 Å². The van der Waals surface area contributed by atoms with Crippen LogP contribution in [0.25, 0.3) is 0 Å². The van der Waals surface area contributed by atoms with Gasteiger partial charge in [0.2, 0.25) is 11.9 Å². The van der Waals surface area contributed by atoms with Gasteiger partial charge in [-0.05, 0) is 13.3 Å². The molecule has 1 aliphatic carbocycles. The van der Waals surface area contributed by atoms with E-state index in [1.807, 2.05) is 0 Å². The maximum atomic E-state index is 11.7. The van der Waals surface area contributed by atoms with Crippen molar-refractivity contribution in [2.45, 2.75) is 38.3 Å². The minimum atomic E-state index is -1.12. The molecule has 0 aliphatic heterocycles. The van der Waals surface area contributed by atoms with Crippen LogP contribution in [-0.2, 0) is 14.3 Å². The van der Waals surface area contributed by atoms with Crippen LogP contribution in [0.1, 0.15) is 26.7 Å². The normalized spacial score (nSPS) is 25.6. The van der Waals surface area contributed by atoms with Gasteiger partial charge in [-0.3, -0.25) is 14.9 Å². The van der Waals surface area contributed by atoms with Crippen LogP contribution < -0.4 is 5.32 Å². The molecule has 17 heavy (non-hydrogen) atoms. The molecular weight excluding hydrogens is 228 g/mol. The van der Waals surface area contributed by atoms with E-state index in [0.717, 1.165) is 0 Å². The van der Waals surface area contributed by atoms with Gasteiger partial charge in [0.05, 0.1) is 7.11 Å². The lowest BCUT2D eigenvalue weighted by Crippen LogP contribution is -2.53. The predicted molar refractivity (Wildman–Crippen MR) is 57.7 cm³/mol. The Morgan fingerprint density at radius 1 is 1.59 bits per heavy atom. The summed E-state index contributed by atoms with van der Waals surface area (Å²) >= 11 is 0. The van der Waals surface area contributed by atoms with Crippen molar-refractivity contribution in [1.82, 2.24) is 5.32 Å². The number of rotatable bonds is 5. The summed E-state index contributed by atoms with van der Waals surface area (Å²) in [6, 6.07) is -0.811. The van der Waals surface area contributed by atoms with E-state index < -0.39 is 34.3 Å². The highest BCUT2D eigenvalue weighted by atomic mass is 16.6. The zero-order chi connectivity index (χ0) is 13.2. The van der Waals surface area contributed by atoms with Crippen molar-refractivity contribution in [3.8, 4) is 0 Å². The number of hydrogen-bond acceptors (Lipinski definition) is 5. The van der Waals surface area contributed by atoms with Gasteiger partial charge >= 0.3 is 5.97 Å². The van der Waals surface area contributed by atoms with E-state index in [1.54, 1.807) is 13.8 Å². The van der Waals surface area contributed by atoms with Crippen molar-refractivity contribution < 1.29 is 19.2 Å². The molecule has 1 aliphatic rings. The second kappa shape index (κ2) is 4.68. The summed E-state index contributed by atoms with van der Waals surface area (Å²) in [4.78, 5) is 33.1. The van der Waals surface area contributed by atoms with Crippen LogP contribution in [0.15, 0.2) is 0 Å². The summed E-state index contributed by atoms with van der Waals surface area (Å²) in [7, 11) is 1.24. The van der Waals surface area contributed by atoms with E-state index in [0.29, 0.717) is 6.42 Å². The fourth-order valence-corrected chi connectivity index (χ4v) is 1.57. The van der Waals surface area contributed by atoms with E-state index in [-0.39, 0.29) is 6.42 Å². The summed E-state index contributed by atoms with van der Waals surface area (Å²) < 4.78 is 4.59. The molecule has 0 spiro atoms. The van der Waals surface area contributed by atoms with Gasteiger partial charge in [-0.2, -0.15) is 0 Å². The number of esters is 1. The third-order valence-corrected chi connectivity index (χ3v) is 3.11. The number of nitro groups is 1. The summed E-state index contributed by atoms with van der Waals surface area (Å²) in [6.45, 7) is 3.27. The van der Waals surface area contributed by atoms with Crippen LogP contribution in [0.4, 0.5) is 0 Å². The fourth-order valence-electron chi connectivity index (χ4n) is 1.57. The smallest absolute Gasteiger partial charge is 0.331 e. The van der Waals surface area contributed by atoms with E-state index >= 15 is 0 Å². The first-order valence-corrected chi connectivity index (χ1v) is 5.39. The SMILES string of the molecule is CC[C@](C)(NC(=O)[C@@H]1C[C@@H]1[N+](=O)[O-])C(=O)OC. The number of carbonyl (C=O) groups is 2. The Morgan fingerprint density at radius 3 is 2.53 bits per heavy atom. The Labute approximate surface area is 98.7 Å². The fraction of sp³-hybridized carbons (Fsp3) is 0.800. The molecule has 0 aromatic heterocycles. The van der Waals surface area contributed by atoms with E-state index in [1.165, 1.54) is 7.11 Å². The van der Waals surface area contributed by atoms with Crippen LogP contribution in [0.2, 0.25) is 0 Å². The van der Waals surface area contributed by atoms with Crippen LogP contribution in [0.5, 0.6) is 0 Å². The molecule has 3 atom stereocenters. The molecule has 7 heteroatoms. The van der Waals surface area contributed by atoms with Gasteiger partial charge in [0, 0.05) is 11.3 Å². The van der Waals surface area contributed by atoms with Gasteiger partial charge in [0.15, 0.2) is 0 Å². The predicted octanol–water partition coefficient (Wildman–Crippen LogP) is 0.110. The monoisotopic (exact) mass is 244 g/mol. The van der Waals surface area contributed by atoms with Crippen LogP contribution in [0, 0.1) is 16.0 Å². The summed E-state index contributed by atoms with van der Waals surface area (Å²) in [5.41, 5.74) is -1.12. The number of hydrogen-bond donors (Lipinski definition) is 1. The van der Waals surface area contributed by atoms with E-state index in [4.69, 9.17) is 0 Å². The number of nitrogens with zero attached hydrogens (tertiary/aromatic N) is 1. The molecule has 1 saturated carbocycles. The summed E-state index contributed by atoms with van der Waals surface area (Å²) in [6.07, 6.45) is 0.598. The standard InChI is InChI=1S/C10H16N2O5/c1-4-10(2,9(14)17-3)11-8(13)6-5-7(6)12(15)16/h6-7H,4-5H2,1-3H3,(H,11,13)/t6-,7+,10+/m1/s1. The van der Waals surface area contributed by atoms with E-state index in [2.05, 4.69) is 10.1 Å². The number of methoxy groups -OCH3 is 1. The first-order chi connectivity index (χ1) is 7.85. The van der Waals surface area contributed by atoms with Crippen molar-refractivity contribution in [2.24, 2.45) is 5.92 Å². The third kappa shape index (κ3) is 2.72. The third-order valence-electron chi connectivity index (χ3n) is 3.11. The number of amides is 1. The molecule has 1 fully saturated rings. The summed E-state index contributed by atoms with van der Waals surface area (Å²) in [5.74, 6) is -1.63. The molecule has 0 aromatic carbocycles. The molecular formula is C10H16N2O5. The quantitative estimate of drug-likeness (QED) is 0.420. The summed E-state index contributed by atoms with van der Waals surface area (Å²) in [5, 5.41) is 13.0. The maximum Gasteiger partial charge on any atom is 0.331 e. The Kier molecular flexibility index (Phi) is 3.69. The molecule has 0 saturated heterocycles. The lowest BCUT2D eigenvalue weighted by molar-refractivity contribution is -0.497. The molecule has 7 nitrogen and oxygen atoms in total. The lowest BCUT2D eigenvalue weighted by Gasteiger charge is -2.26. The highest BCUT2D eigenvalue weighted by Crippen LogP contribution is 2.33. The number of ether oxygens (including phenoxy) is 1. The Morgan fingerprint density at radius 2 is 2.18 bits per heavy atom. The van der Waals surface area contributed by atoms with Gasteiger partial charge in [0.25, 0.3) is 0 Å². The van der Waals surface area contributed by atoms with Gasteiger partial charge < -0.3 is 10.1 Å². The first kappa shape index (κ1) is 13.4. The second-order valence-corrected chi connectivity index (χ2v) is 4.36. The first-order valence-electron chi connectivity index (χ1n) is 5.39. The van der Waals surface area contributed by atoms with Crippen molar-refractivity contribution in [1.29, 1.82) is 0 Å². The highest BCUT2D eigenvalue weighted by molar-refractivity contribution is 5.90. The van der Waals surface area contributed by atoms with Crippen LogP contribution in [0.3, 0.4) is 0 Å². The molecule has 96 valence electrons. The molecule has 0 unspecified atom stereocenters. The molecule has 0 bridgehead atoms. The van der Waals surface area contributed by atoms with Gasteiger partial charge in [-0.15, -0.1) is 0 Å². The van der Waals surface area contributed by atoms with Crippen molar-refractivity contribution in [2.75, 3.05) is 7.11 Å². The molecule has 0 aromatic rings. The van der Waals surface area contributed by atoms with Gasteiger partial charge in [-0.25, -0.2) is 4.79 Å². The van der Waals surface area contributed by atoms with Crippen LogP contribution in [-0.4, -0.2) is 35.5 Å².